The molecular weight excluding hydrogens is 286 g/mol. The van der Waals surface area contributed by atoms with Crippen molar-refractivity contribution in [2.24, 2.45) is 0 Å². The number of nitrogens with zero attached hydrogens (tertiary/aromatic N) is 1. The first-order chi connectivity index (χ1) is 10.1. The van der Waals surface area contributed by atoms with Crippen molar-refractivity contribution in [3.63, 3.8) is 0 Å². The summed E-state index contributed by atoms with van der Waals surface area (Å²) in [6.07, 6.45) is 0. The predicted octanol–water partition coefficient (Wildman–Crippen LogP) is 4.03. The number of para-hydroxylation sites is 2. The summed E-state index contributed by atoms with van der Waals surface area (Å²) >= 11 is 1.38. The molecule has 4 nitrogen and oxygen atoms in total. The van der Waals surface area contributed by atoms with Crippen LogP contribution < -0.4 is 0 Å². The largest absolute Gasteiger partial charge is 0.508 e. The van der Waals surface area contributed by atoms with E-state index in [9.17, 15) is 9.90 Å². The van der Waals surface area contributed by atoms with E-state index in [1.165, 1.54) is 18.7 Å². The number of aromatic hydroxyl groups is 1. The molecule has 0 saturated carbocycles. The van der Waals surface area contributed by atoms with Gasteiger partial charge in [-0.3, -0.25) is 4.79 Å². The third kappa shape index (κ3) is 2.92. The van der Waals surface area contributed by atoms with Gasteiger partial charge < -0.3 is 9.52 Å². The van der Waals surface area contributed by atoms with E-state index in [0.29, 0.717) is 22.1 Å². The second-order valence-electron chi connectivity index (χ2n) is 4.64. The fourth-order valence-electron chi connectivity index (χ4n) is 1.97. The van der Waals surface area contributed by atoms with E-state index in [1.807, 2.05) is 24.3 Å². The minimum atomic E-state index is -0.0249. The molecule has 0 aliphatic carbocycles. The lowest BCUT2D eigenvalue weighted by molar-refractivity contribution is 0.101. The highest BCUT2D eigenvalue weighted by molar-refractivity contribution is 7.98. The Labute approximate surface area is 125 Å². The molecule has 3 rings (SSSR count). The van der Waals surface area contributed by atoms with Crippen LogP contribution in [0.3, 0.4) is 0 Å². The molecule has 5 heteroatoms. The average molecular weight is 299 g/mol. The topological polar surface area (TPSA) is 63.3 Å². The second kappa shape index (κ2) is 5.61. The fourth-order valence-corrected chi connectivity index (χ4v) is 2.79. The van der Waals surface area contributed by atoms with Crippen molar-refractivity contribution in [3.8, 4) is 5.75 Å². The smallest absolute Gasteiger partial charge is 0.257 e. The summed E-state index contributed by atoms with van der Waals surface area (Å²) in [4.78, 5) is 15.7. The van der Waals surface area contributed by atoms with E-state index in [2.05, 4.69) is 4.98 Å². The van der Waals surface area contributed by atoms with Gasteiger partial charge in [0.25, 0.3) is 5.22 Å². The molecule has 0 aliphatic heterocycles. The number of oxazole rings is 1. The summed E-state index contributed by atoms with van der Waals surface area (Å²) in [5.41, 5.74) is 2.82. The number of carbonyl (C=O) groups excluding carboxylic acids is 1. The SMILES string of the molecule is CC(=O)c1ccc(O)c(CSc2nc3ccccc3o2)c1. The van der Waals surface area contributed by atoms with Gasteiger partial charge in [-0.05, 0) is 37.3 Å². The zero-order valence-corrected chi connectivity index (χ0v) is 12.2. The van der Waals surface area contributed by atoms with Gasteiger partial charge in [-0.2, -0.15) is 0 Å². The predicted molar refractivity (Wildman–Crippen MR) is 81.7 cm³/mol. The Balaban J connectivity index is 1.80. The quantitative estimate of drug-likeness (QED) is 0.582. The van der Waals surface area contributed by atoms with Crippen molar-refractivity contribution in [2.45, 2.75) is 17.9 Å². The van der Waals surface area contributed by atoms with Crippen LogP contribution in [0.2, 0.25) is 0 Å². The molecule has 106 valence electrons. The van der Waals surface area contributed by atoms with Crippen molar-refractivity contribution >= 4 is 28.6 Å². The Morgan fingerprint density at radius 3 is 2.86 bits per heavy atom. The lowest BCUT2D eigenvalue weighted by Gasteiger charge is -2.04. The van der Waals surface area contributed by atoms with Crippen molar-refractivity contribution in [1.29, 1.82) is 0 Å². The van der Waals surface area contributed by atoms with Gasteiger partial charge in [0, 0.05) is 16.9 Å². The van der Waals surface area contributed by atoms with Crippen molar-refractivity contribution in [1.82, 2.24) is 4.98 Å². The Kier molecular flexibility index (Phi) is 3.66. The number of phenolic OH excluding ortho intramolecular Hbond substituents is 1. The highest BCUT2D eigenvalue weighted by Gasteiger charge is 2.10. The molecule has 0 unspecified atom stereocenters. The van der Waals surface area contributed by atoms with Crippen LogP contribution in [0, 0.1) is 0 Å². The molecule has 1 aromatic heterocycles. The van der Waals surface area contributed by atoms with Gasteiger partial charge in [-0.15, -0.1) is 0 Å². The number of ketones is 1. The molecule has 0 bridgehead atoms. The molecule has 0 aliphatic rings. The van der Waals surface area contributed by atoms with Gasteiger partial charge in [0.1, 0.15) is 11.3 Å². The number of phenols is 1. The maximum absolute atomic E-state index is 11.4. The third-order valence-electron chi connectivity index (χ3n) is 3.11. The van der Waals surface area contributed by atoms with Crippen LogP contribution in [-0.2, 0) is 5.75 Å². The van der Waals surface area contributed by atoms with Crippen LogP contribution in [0.5, 0.6) is 5.75 Å². The molecule has 1 N–H and O–H groups in total. The highest BCUT2D eigenvalue weighted by atomic mass is 32.2. The number of hydrogen-bond donors (Lipinski definition) is 1. The molecule has 3 aromatic rings. The van der Waals surface area contributed by atoms with Crippen molar-refractivity contribution in [2.75, 3.05) is 0 Å². The van der Waals surface area contributed by atoms with Crippen LogP contribution in [0.15, 0.2) is 52.1 Å². The first-order valence-corrected chi connectivity index (χ1v) is 7.43. The average Bonchev–Trinajstić information content (AvgIpc) is 2.89. The lowest BCUT2D eigenvalue weighted by atomic mass is 10.1. The standard InChI is InChI=1S/C16H13NO3S/c1-10(18)11-6-7-14(19)12(8-11)9-21-16-17-13-4-2-3-5-15(13)20-16/h2-8,19H,9H2,1H3. The van der Waals surface area contributed by atoms with Gasteiger partial charge in [-0.25, -0.2) is 4.98 Å². The number of Topliss-reactive ketones (excluding diaryl/α,β-unsaturated/α-hetero) is 1. The molecule has 21 heavy (non-hydrogen) atoms. The summed E-state index contributed by atoms with van der Waals surface area (Å²) in [6, 6.07) is 12.4. The van der Waals surface area contributed by atoms with Gasteiger partial charge >= 0.3 is 0 Å². The molecular formula is C16H13NO3S. The van der Waals surface area contributed by atoms with E-state index >= 15 is 0 Å². The summed E-state index contributed by atoms with van der Waals surface area (Å²) in [5, 5.41) is 10.4. The van der Waals surface area contributed by atoms with E-state index < -0.39 is 0 Å². The minimum absolute atomic E-state index is 0.0249. The molecule has 2 aromatic carbocycles. The second-order valence-corrected chi connectivity index (χ2v) is 5.56. The number of thioether (sulfide) groups is 1. The van der Waals surface area contributed by atoms with Gasteiger partial charge in [0.15, 0.2) is 11.4 Å². The van der Waals surface area contributed by atoms with E-state index in [4.69, 9.17) is 4.42 Å². The number of fused-ring (bicyclic) bond motifs is 1. The molecule has 0 spiro atoms. The number of benzene rings is 2. The fraction of sp³-hybridized carbons (Fsp3) is 0.125. The maximum atomic E-state index is 11.4. The molecule has 1 heterocycles. The Hall–Kier alpha value is -2.27. The Bertz CT molecular complexity index is 777. The van der Waals surface area contributed by atoms with Crippen LogP contribution in [0.4, 0.5) is 0 Å². The monoisotopic (exact) mass is 299 g/mol. The van der Waals surface area contributed by atoms with Gasteiger partial charge in [-0.1, -0.05) is 23.9 Å². The van der Waals surface area contributed by atoms with Crippen LogP contribution in [0.25, 0.3) is 11.1 Å². The molecule has 0 fully saturated rings. The van der Waals surface area contributed by atoms with Crippen molar-refractivity contribution < 1.29 is 14.3 Å². The number of hydrogen-bond acceptors (Lipinski definition) is 5. The van der Waals surface area contributed by atoms with Crippen LogP contribution >= 0.6 is 11.8 Å². The summed E-state index contributed by atoms with van der Waals surface area (Å²) in [7, 11) is 0. The summed E-state index contributed by atoms with van der Waals surface area (Å²) in [5.74, 6) is 0.631. The number of carbonyl (C=O) groups is 1. The van der Waals surface area contributed by atoms with Crippen LogP contribution in [0.1, 0.15) is 22.8 Å². The van der Waals surface area contributed by atoms with E-state index in [0.717, 1.165) is 11.1 Å². The zero-order valence-electron chi connectivity index (χ0n) is 11.4. The number of aromatic nitrogens is 1. The highest BCUT2D eigenvalue weighted by Crippen LogP contribution is 2.29. The maximum Gasteiger partial charge on any atom is 0.257 e. The zero-order chi connectivity index (χ0) is 14.8. The Morgan fingerprint density at radius 2 is 2.10 bits per heavy atom. The van der Waals surface area contributed by atoms with Crippen LogP contribution in [-0.4, -0.2) is 15.9 Å². The molecule has 0 atom stereocenters. The summed E-state index contributed by atoms with van der Waals surface area (Å²) in [6.45, 7) is 1.50. The Morgan fingerprint density at radius 1 is 1.29 bits per heavy atom. The first kappa shape index (κ1) is 13.7. The van der Waals surface area contributed by atoms with Gasteiger partial charge in [0.2, 0.25) is 0 Å². The lowest BCUT2D eigenvalue weighted by Crippen LogP contribution is -1.93. The first-order valence-electron chi connectivity index (χ1n) is 6.44. The normalized spacial score (nSPS) is 10.9. The molecule has 0 saturated heterocycles. The van der Waals surface area contributed by atoms with E-state index in [1.54, 1.807) is 18.2 Å². The number of rotatable bonds is 4. The van der Waals surface area contributed by atoms with E-state index in [-0.39, 0.29) is 11.5 Å². The third-order valence-corrected chi connectivity index (χ3v) is 3.99. The molecule has 0 radical (unpaired) electrons. The summed E-state index contributed by atoms with van der Waals surface area (Å²) < 4.78 is 5.61. The van der Waals surface area contributed by atoms with Gasteiger partial charge in [0.05, 0.1) is 0 Å². The molecule has 0 amide bonds. The van der Waals surface area contributed by atoms with Crippen molar-refractivity contribution in [3.05, 3.63) is 53.6 Å². The minimum Gasteiger partial charge on any atom is -0.508 e.